The van der Waals surface area contributed by atoms with E-state index in [1.807, 2.05) is 67.6 Å². The standard InChI is InChI=1S/C39H43N5O6/c1-6-44-32-13-12-30(24-33(32)41(4)37(46)39(2,3)38(44)47)49-23-7-19-42(26-27-14-17-40-18-15-27)21-22-43-20-16-34-31(36(43)45)25-35(50-34)28-8-10-29(48-5)11-9-28/h8-18,20,24-25H,6-7,19,21-23,26H2,1-5H3. The van der Waals surface area contributed by atoms with Gasteiger partial charge in [0, 0.05) is 70.0 Å². The van der Waals surface area contributed by atoms with Crippen molar-refractivity contribution in [2.24, 2.45) is 5.41 Å². The van der Waals surface area contributed by atoms with E-state index in [4.69, 9.17) is 13.9 Å². The van der Waals surface area contributed by atoms with Gasteiger partial charge in [-0.05, 0) is 93.4 Å². The molecule has 5 aromatic rings. The number of nitrogens with zero attached hydrogens (tertiary/aromatic N) is 5. The van der Waals surface area contributed by atoms with Crippen molar-refractivity contribution in [1.82, 2.24) is 14.5 Å². The number of ether oxygens (including phenoxy) is 2. The summed E-state index contributed by atoms with van der Waals surface area (Å²) >= 11 is 0. The summed E-state index contributed by atoms with van der Waals surface area (Å²) in [5, 5.41) is 0.537. The van der Waals surface area contributed by atoms with Crippen molar-refractivity contribution in [3.63, 3.8) is 0 Å². The molecule has 0 saturated heterocycles. The van der Waals surface area contributed by atoms with E-state index in [0.29, 0.717) is 66.6 Å². The van der Waals surface area contributed by atoms with Crippen LogP contribution in [0.2, 0.25) is 0 Å². The van der Waals surface area contributed by atoms with Gasteiger partial charge in [0.05, 0.1) is 30.5 Å². The molecule has 4 heterocycles. The van der Waals surface area contributed by atoms with E-state index < -0.39 is 5.41 Å². The maximum Gasteiger partial charge on any atom is 0.261 e. The molecule has 1 aliphatic rings. The van der Waals surface area contributed by atoms with Crippen LogP contribution in [0.15, 0.2) is 94.5 Å². The van der Waals surface area contributed by atoms with Crippen LogP contribution < -0.4 is 24.8 Å². The number of furan rings is 1. The lowest BCUT2D eigenvalue weighted by molar-refractivity contribution is -0.137. The summed E-state index contributed by atoms with van der Waals surface area (Å²) in [4.78, 5) is 49.6. The van der Waals surface area contributed by atoms with Gasteiger partial charge in [-0.2, -0.15) is 0 Å². The predicted octanol–water partition coefficient (Wildman–Crippen LogP) is 5.99. The lowest BCUT2D eigenvalue weighted by Gasteiger charge is -2.27. The first kappa shape index (κ1) is 34.4. The Bertz CT molecular complexity index is 2040. The number of hydrogen-bond donors (Lipinski definition) is 0. The van der Waals surface area contributed by atoms with E-state index in [1.54, 1.807) is 67.0 Å². The van der Waals surface area contributed by atoms with Crippen molar-refractivity contribution < 1.29 is 23.5 Å². The topological polar surface area (TPSA) is 110 Å². The van der Waals surface area contributed by atoms with Crippen molar-refractivity contribution in [3.05, 3.63) is 101 Å². The number of carbonyl (C=O) groups is 2. The van der Waals surface area contributed by atoms with Crippen LogP contribution in [0.3, 0.4) is 0 Å². The fourth-order valence-electron chi connectivity index (χ4n) is 6.36. The van der Waals surface area contributed by atoms with E-state index in [1.165, 1.54) is 0 Å². The maximum atomic E-state index is 13.5. The molecule has 0 atom stereocenters. The van der Waals surface area contributed by atoms with Crippen molar-refractivity contribution in [3.8, 4) is 22.8 Å². The molecule has 1 aliphatic heterocycles. The van der Waals surface area contributed by atoms with Crippen LogP contribution in [0.25, 0.3) is 22.3 Å². The lowest BCUT2D eigenvalue weighted by atomic mass is 9.90. The van der Waals surface area contributed by atoms with Gasteiger partial charge in [-0.15, -0.1) is 0 Å². The fraction of sp³-hybridized carbons (Fsp3) is 0.333. The molecule has 0 radical (unpaired) electrons. The van der Waals surface area contributed by atoms with Gasteiger partial charge in [-0.25, -0.2) is 0 Å². The van der Waals surface area contributed by atoms with Crippen LogP contribution >= 0.6 is 0 Å². The first-order valence-electron chi connectivity index (χ1n) is 16.9. The molecule has 0 saturated carbocycles. The summed E-state index contributed by atoms with van der Waals surface area (Å²) in [6.45, 7) is 8.70. The summed E-state index contributed by atoms with van der Waals surface area (Å²) in [5.74, 6) is 1.53. The SMILES string of the molecule is CCN1C(=O)C(C)(C)C(=O)N(C)c2cc(OCCCN(CCn3ccc4oc(-c5ccc(OC)cc5)cc4c3=O)Cc3ccncc3)ccc21. The van der Waals surface area contributed by atoms with Crippen LogP contribution in [0.5, 0.6) is 11.5 Å². The van der Waals surface area contributed by atoms with Gasteiger partial charge in [0.2, 0.25) is 11.8 Å². The number of rotatable bonds is 13. The Kier molecular flexibility index (Phi) is 10.1. The molecule has 0 spiro atoms. The lowest BCUT2D eigenvalue weighted by Crippen LogP contribution is -2.47. The van der Waals surface area contributed by atoms with Gasteiger partial charge in [-0.3, -0.25) is 24.3 Å². The molecule has 0 N–H and O–H groups in total. The molecule has 260 valence electrons. The van der Waals surface area contributed by atoms with Crippen molar-refractivity contribution in [2.75, 3.05) is 50.2 Å². The number of amides is 2. The maximum absolute atomic E-state index is 13.5. The second kappa shape index (κ2) is 14.6. The third-order valence-electron chi connectivity index (χ3n) is 9.27. The molecule has 6 rings (SSSR count). The second-order valence-electron chi connectivity index (χ2n) is 13.0. The smallest absolute Gasteiger partial charge is 0.261 e. The van der Waals surface area contributed by atoms with Gasteiger partial charge in [-0.1, -0.05) is 0 Å². The Labute approximate surface area is 291 Å². The number of methoxy groups -OCH3 is 1. The predicted molar refractivity (Wildman–Crippen MR) is 194 cm³/mol. The van der Waals surface area contributed by atoms with E-state index in [2.05, 4.69) is 9.88 Å². The van der Waals surface area contributed by atoms with Crippen LogP contribution in [-0.4, -0.2) is 66.7 Å². The zero-order chi connectivity index (χ0) is 35.4. The van der Waals surface area contributed by atoms with Crippen molar-refractivity contribution in [2.45, 2.75) is 40.3 Å². The third-order valence-corrected chi connectivity index (χ3v) is 9.27. The molecule has 2 aromatic carbocycles. The highest BCUT2D eigenvalue weighted by Crippen LogP contribution is 2.40. The molecule has 50 heavy (non-hydrogen) atoms. The first-order valence-corrected chi connectivity index (χ1v) is 16.9. The molecule has 11 heteroatoms. The number of anilines is 2. The Morgan fingerprint density at radius 1 is 0.880 bits per heavy atom. The number of carbonyl (C=O) groups excluding carboxylic acids is 2. The summed E-state index contributed by atoms with van der Waals surface area (Å²) < 4.78 is 19.2. The zero-order valence-corrected chi connectivity index (χ0v) is 29.2. The van der Waals surface area contributed by atoms with Crippen molar-refractivity contribution >= 4 is 34.2 Å². The van der Waals surface area contributed by atoms with E-state index in [9.17, 15) is 14.4 Å². The monoisotopic (exact) mass is 677 g/mol. The van der Waals surface area contributed by atoms with Crippen LogP contribution in [0.4, 0.5) is 11.4 Å². The van der Waals surface area contributed by atoms with Crippen molar-refractivity contribution in [1.29, 1.82) is 0 Å². The molecule has 0 aliphatic carbocycles. The minimum absolute atomic E-state index is 0.100. The number of pyridine rings is 2. The molecule has 11 nitrogen and oxygen atoms in total. The molecular formula is C39H43N5O6. The summed E-state index contributed by atoms with van der Waals surface area (Å²) in [5.41, 5.74) is 2.61. The normalized spacial score (nSPS) is 14.3. The Balaban J connectivity index is 1.13. The van der Waals surface area contributed by atoms with Gasteiger partial charge in [0.1, 0.15) is 28.3 Å². The molecule has 3 aromatic heterocycles. The minimum Gasteiger partial charge on any atom is -0.497 e. The van der Waals surface area contributed by atoms with Crippen LogP contribution in [0.1, 0.15) is 32.8 Å². The van der Waals surface area contributed by atoms with Gasteiger partial charge >= 0.3 is 0 Å². The van der Waals surface area contributed by atoms with Gasteiger partial charge < -0.3 is 28.3 Å². The van der Waals surface area contributed by atoms with Crippen LogP contribution in [0, 0.1) is 5.41 Å². The Morgan fingerprint density at radius 3 is 2.34 bits per heavy atom. The molecular weight excluding hydrogens is 634 g/mol. The first-order chi connectivity index (χ1) is 24.1. The quantitative estimate of drug-likeness (QED) is 0.110. The zero-order valence-electron chi connectivity index (χ0n) is 29.2. The van der Waals surface area contributed by atoms with Gasteiger partial charge in [0.15, 0.2) is 0 Å². The molecule has 0 bridgehead atoms. The average Bonchev–Trinajstić information content (AvgIpc) is 3.57. The Morgan fingerprint density at radius 2 is 1.62 bits per heavy atom. The average molecular weight is 678 g/mol. The highest BCUT2D eigenvalue weighted by Gasteiger charge is 2.45. The fourth-order valence-corrected chi connectivity index (χ4v) is 6.36. The number of fused-ring (bicyclic) bond motifs is 2. The summed E-state index contributed by atoms with van der Waals surface area (Å²) in [6, 6.07) is 20.7. The molecule has 0 unspecified atom stereocenters. The van der Waals surface area contributed by atoms with Crippen LogP contribution in [-0.2, 0) is 22.7 Å². The molecule has 0 fully saturated rings. The second-order valence-corrected chi connectivity index (χ2v) is 13.0. The van der Waals surface area contributed by atoms with Gasteiger partial charge in [0.25, 0.3) is 5.56 Å². The number of benzene rings is 2. The summed E-state index contributed by atoms with van der Waals surface area (Å²) in [6.07, 6.45) is 6.07. The van der Waals surface area contributed by atoms with E-state index >= 15 is 0 Å². The Hall–Kier alpha value is -5.42. The number of hydrogen-bond acceptors (Lipinski definition) is 8. The third kappa shape index (κ3) is 7.00. The molecule has 2 amide bonds. The number of aromatic nitrogens is 2. The minimum atomic E-state index is -1.17. The largest absolute Gasteiger partial charge is 0.497 e. The highest BCUT2D eigenvalue weighted by atomic mass is 16.5. The van der Waals surface area contributed by atoms with E-state index in [-0.39, 0.29) is 17.4 Å². The summed E-state index contributed by atoms with van der Waals surface area (Å²) in [7, 11) is 3.32. The highest BCUT2D eigenvalue weighted by molar-refractivity contribution is 6.20. The van der Waals surface area contributed by atoms with E-state index in [0.717, 1.165) is 29.8 Å².